The molecule has 2 aliphatic rings. The van der Waals surface area contributed by atoms with Gasteiger partial charge in [-0.05, 0) is 42.3 Å². The third-order valence-corrected chi connectivity index (χ3v) is 5.80. The van der Waals surface area contributed by atoms with Gasteiger partial charge in [-0.1, -0.05) is 18.2 Å². The Balaban J connectivity index is 1.72. The molecule has 0 spiro atoms. The lowest BCUT2D eigenvalue weighted by atomic mass is 10.00. The summed E-state index contributed by atoms with van der Waals surface area (Å²) in [5.41, 5.74) is 2.78. The van der Waals surface area contributed by atoms with Gasteiger partial charge in [0.25, 0.3) is 10.0 Å². The molecular formula is C18H20N2O4S. The number of nitrogens with one attached hydrogen (secondary N) is 2. The van der Waals surface area contributed by atoms with Crippen molar-refractivity contribution in [1.29, 1.82) is 0 Å². The molecule has 0 fully saturated rings. The van der Waals surface area contributed by atoms with Crippen LogP contribution in [0.15, 0.2) is 41.3 Å². The minimum Gasteiger partial charge on any atom is -0.490 e. The zero-order chi connectivity index (χ0) is 17.3. The van der Waals surface area contributed by atoms with Crippen LogP contribution in [0.4, 0.5) is 5.69 Å². The third-order valence-electron chi connectivity index (χ3n) is 4.42. The highest BCUT2D eigenvalue weighted by Crippen LogP contribution is 2.37. The van der Waals surface area contributed by atoms with Crippen LogP contribution in [0.3, 0.4) is 0 Å². The molecule has 0 saturated heterocycles. The first-order chi connectivity index (χ1) is 12.1. The van der Waals surface area contributed by atoms with Crippen LogP contribution in [-0.4, -0.2) is 28.2 Å². The van der Waals surface area contributed by atoms with Gasteiger partial charge in [-0.2, -0.15) is 0 Å². The summed E-state index contributed by atoms with van der Waals surface area (Å²) in [5, 5.41) is 3.29. The molecule has 7 heteroatoms. The number of hydrogen-bond acceptors (Lipinski definition) is 5. The van der Waals surface area contributed by atoms with Crippen molar-refractivity contribution in [2.45, 2.75) is 24.3 Å². The minimum atomic E-state index is -3.79. The average molecular weight is 360 g/mol. The van der Waals surface area contributed by atoms with Crippen molar-refractivity contribution in [2.75, 3.05) is 24.5 Å². The van der Waals surface area contributed by atoms with Gasteiger partial charge >= 0.3 is 0 Å². The van der Waals surface area contributed by atoms with Crippen LogP contribution in [0.5, 0.6) is 11.5 Å². The number of para-hydroxylation sites is 1. The molecule has 4 rings (SSSR count). The van der Waals surface area contributed by atoms with Gasteiger partial charge in [0.1, 0.15) is 4.90 Å². The van der Waals surface area contributed by atoms with Crippen molar-refractivity contribution in [1.82, 2.24) is 5.32 Å². The van der Waals surface area contributed by atoms with E-state index in [2.05, 4.69) is 10.0 Å². The summed E-state index contributed by atoms with van der Waals surface area (Å²) < 4.78 is 40.0. The molecule has 2 aliphatic heterocycles. The van der Waals surface area contributed by atoms with Gasteiger partial charge in [-0.25, -0.2) is 8.42 Å². The summed E-state index contributed by atoms with van der Waals surface area (Å²) in [7, 11) is -3.79. The van der Waals surface area contributed by atoms with Gasteiger partial charge in [-0.15, -0.1) is 0 Å². The predicted octanol–water partition coefficient (Wildman–Crippen LogP) is 2.29. The molecular weight excluding hydrogens is 340 g/mol. The molecule has 2 aromatic rings. The number of benzene rings is 2. The van der Waals surface area contributed by atoms with Crippen molar-refractivity contribution in [3.05, 3.63) is 47.5 Å². The van der Waals surface area contributed by atoms with E-state index in [1.165, 1.54) is 5.56 Å². The average Bonchev–Trinajstić information content (AvgIpc) is 2.87. The van der Waals surface area contributed by atoms with Gasteiger partial charge in [0.2, 0.25) is 0 Å². The van der Waals surface area contributed by atoms with Crippen molar-refractivity contribution < 1.29 is 17.9 Å². The first kappa shape index (κ1) is 16.2. The van der Waals surface area contributed by atoms with Gasteiger partial charge in [0, 0.05) is 13.0 Å². The Morgan fingerprint density at radius 1 is 1.04 bits per heavy atom. The normalized spacial score (nSPS) is 16.6. The number of ether oxygens (including phenoxy) is 2. The van der Waals surface area contributed by atoms with Crippen LogP contribution >= 0.6 is 0 Å². The molecule has 2 aromatic carbocycles. The number of rotatable bonds is 3. The summed E-state index contributed by atoms with van der Waals surface area (Å²) in [6.45, 7) is 2.51. The highest BCUT2D eigenvalue weighted by atomic mass is 32.2. The molecule has 0 amide bonds. The fourth-order valence-corrected chi connectivity index (χ4v) is 4.44. The van der Waals surface area contributed by atoms with Gasteiger partial charge in [0.05, 0.1) is 18.9 Å². The molecule has 132 valence electrons. The summed E-state index contributed by atoms with van der Waals surface area (Å²) >= 11 is 0. The number of sulfonamides is 1. The molecule has 0 unspecified atom stereocenters. The van der Waals surface area contributed by atoms with E-state index in [1.54, 1.807) is 24.3 Å². The first-order valence-electron chi connectivity index (χ1n) is 8.38. The zero-order valence-corrected chi connectivity index (χ0v) is 14.6. The summed E-state index contributed by atoms with van der Waals surface area (Å²) in [6.07, 6.45) is 1.61. The maximum absolute atomic E-state index is 13.0. The van der Waals surface area contributed by atoms with E-state index < -0.39 is 10.0 Å². The highest BCUT2D eigenvalue weighted by molar-refractivity contribution is 7.92. The van der Waals surface area contributed by atoms with Crippen molar-refractivity contribution in [2.24, 2.45) is 0 Å². The quantitative estimate of drug-likeness (QED) is 0.878. The molecule has 0 aliphatic carbocycles. The van der Waals surface area contributed by atoms with E-state index in [4.69, 9.17) is 9.47 Å². The first-order valence-corrected chi connectivity index (χ1v) is 9.86. The topological polar surface area (TPSA) is 76.7 Å². The second kappa shape index (κ2) is 6.57. The minimum absolute atomic E-state index is 0.105. The second-order valence-corrected chi connectivity index (χ2v) is 7.76. The Kier molecular flexibility index (Phi) is 4.27. The lowest BCUT2D eigenvalue weighted by Gasteiger charge is -2.21. The van der Waals surface area contributed by atoms with E-state index in [9.17, 15) is 8.42 Å². The Bertz CT molecular complexity index is 896. The van der Waals surface area contributed by atoms with Crippen molar-refractivity contribution in [3.8, 4) is 11.5 Å². The van der Waals surface area contributed by atoms with E-state index >= 15 is 0 Å². The molecule has 0 bridgehead atoms. The van der Waals surface area contributed by atoms with E-state index in [0.29, 0.717) is 31.2 Å². The van der Waals surface area contributed by atoms with Crippen molar-refractivity contribution in [3.63, 3.8) is 0 Å². The SMILES string of the molecule is O=S(=O)(Nc1cccc2c1CNCC2)c1cccc2c1OCCCO2. The smallest absolute Gasteiger partial charge is 0.265 e. The molecule has 6 nitrogen and oxygen atoms in total. The summed E-state index contributed by atoms with van der Waals surface area (Å²) in [4.78, 5) is 0.105. The number of hydrogen-bond donors (Lipinski definition) is 2. The standard InChI is InChI=1S/C18H20N2O4S/c21-25(22,17-7-2-6-16-18(17)24-11-3-10-23-16)20-15-5-1-4-13-8-9-19-12-14(13)15/h1-2,4-7,19-20H,3,8-12H2. The fourth-order valence-electron chi connectivity index (χ4n) is 3.19. The Labute approximate surface area is 147 Å². The predicted molar refractivity (Wildman–Crippen MR) is 94.7 cm³/mol. The molecule has 25 heavy (non-hydrogen) atoms. The van der Waals surface area contributed by atoms with E-state index in [-0.39, 0.29) is 10.6 Å². The van der Waals surface area contributed by atoms with Crippen LogP contribution < -0.4 is 19.5 Å². The molecule has 0 saturated carbocycles. The summed E-state index contributed by atoms with van der Waals surface area (Å²) in [5.74, 6) is 0.757. The zero-order valence-electron chi connectivity index (χ0n) is 13.7. The van der Waals surface area contributed by atoms with Gasteiger partial charge in [0.15, 0.2) is 11.5 Å². The number of fused-ring (bicyclic) bond motifs is 2. The van der Waals surface area contributed by atoms with Crippen molar-refractivity contribution >= 4 is 15.7 Å². The maximum atomic E-state index is 13.0. The maximum Gasteiger partial charge on any atom is 0.265 e. The molecule has 2 heterocycles. The monoisotopic (exact) mass is 360 g/mol. The van der Waals surface area contributed by atoms with Crippen LogP contribution in [0, 0.1) is 0 Å². The lowest BCUT2D eigenvalue weighted by Crippen LogP contribution is -2.25. The summed E-state index contributed by atoms with van der Waals surface area (Å²) in [6, 6.07) is 10.7. The number of anilines is 1. The van der Waals surface area contributed by atoms with Crippen LogP contribution in [0.2, 0.25) is 0 Å². The van der Waals surface area contributed by atoms with E-state index in [0.717, 1.165) is 24.9 Å². The Morgan fingerprint density at radius 2 is 1.88 bits per heavy atom. The van der Waals surface area contributed by atoms with Crippen LogP contribution in [0.25, 0.3) is 0 Å². The molecule has 0 radical (unpaired) electrons. The van der Waals surface area contributed by atoms with Crippen LogP contribution in [-0.2, 0) is 23.0 Å². The molecule has 2 N–H and O–H groups in total. The van der Waals surface area contributed by atoms with Gasteiger partial charge in [-0.3, -0.25) is 4.72 Å². The Morgan fingerprint density at radius 3 is 2.80 bits per heavy atom. The second-order valence-electron chi connectivity index (χ2n) is 6.11. The fraction of sp³-hybridized carbons (Fsp3) is 0.333. The van der Waals surface area contributed by atoms with Gasteiger partial charge < -0.3 is 14.8 Å². The third kappa shape index (κ3) is 3.17. The largest absolute Gasteiger partial charge is 0.490 e. The lowest BCUT2D eigenvalue weighted by molar-refractivity contribution is 0.294. The Hall–Kier alpha value is -2.25. The molecule has 0 atom stereocenters. The van der Waals surface area contributed by atoms with E-state index in [1.807, 2.05) is 12.1 Å². The molecule has 0 aromatic heterocycles. The highest BCUT2D eigenvalue weighted by Gasteiger charge is 2.26. The van der Waals surface area contributed by atoms with Crippen LogP contribution in [0.1, 0.15) is 17.5 Å².